The Hall–Kier alpha value is -3.22. The molecule has 0 atom stereocenters. The Balaban J connectivity index is 2.01. The minimum Gasteiger partial charge on any atom is -0.336 e. The lowest BCUT2D eigenvalue weighted by atomic mass is 10.1. The predicted molar refractivity (Wildman–Crippen MR) is 99.0 cm³/mol. The minimum absolute atomic E-state index is 0.103. The van der Waals surface area contributed by atoms with Crippen molar-refractivity contribution in [1.82, 2.24) is 4.90 Å². The zero-order valence-corrected chi connectivity index (χ0v) is 15.0. The smallest absolute Gasteiger partial charge is 0.273 e. The van der Waals surface area contributed by atoms with Crippen LogP contribution in [0.25, 0.3) is 0 Å². The van der Waals surface area contributed by atoms with Crippen molar-refractivity contribution in [3.63, 3.8) is 0 Å². The van der Waals surface area contributed by atoms with E-state index >= 15 is 0 Å². The number of hydrogen-bond acceptors (Lipinski definition) is 4. The summed E-state index contributed by atoms with van der Waals surface area (Å²) in [7, 11) is 1.50. The number of nitrogens with zero attached hydrogens (tertiary/aromatic N) is 2. The van der Waals surface area contributed by atoms with Gasteiger partial charge < -0.3 is 10.2 Å². The Labute approximate surface area is 151 Å². The van der Waals surface area contributed by atoms with Gasteiger partial charge in [-0.05, 0) is 25.0 Å². The molecule has 2 rings (SSSR count). The van der Waals surface area contributed by atoms with Crippen LogP contribution in [0.2, 0.25) is 0 Å². The number of nitro benzene ring substituents is 1. The number of nitro groups is 1. The molecule has 2 aromatic rings. The third kappa shape index (κ3) is 4.66. The van der Waals surface area contributed by atoms with Gasteiger partial charge in [0.05, 0.1) is 17.9 Å². The van der Waals surface area contributed by atoms with Crippen molar-refractivity contribution in [2.24, 2.45) is 0 Å². The van der Waals surface area contributed by atoms with Crippen LogP contribution in [-0.2, 0) is 16.0 Å². The summed E-state index contributed by atoms with van der Waals surface area (Å²) in [4.78, 5) is 36.4. The van der Waals surface area contributed by atoms with Crippen molar-refractivity contribution in [2.75, 3.05) is 18.9 Å². The fourth-order valence-corrected chi connectivity index (χ4v) is 2.63. The molecule has 7 heteroatoms. The molecule has 0 fully saturated rings. The third-order valence-electron chi connectivity index (χ3n) is 4.08. The molecule has 0 bridgehead atoms. The van der Waals surface area contributed by atoms with Gasteiger partial charge >= 0.3 is 0 Å². The van der Waals surface area contributed by atoms with Crippen LogP contribution in [0.15, 0.2) is 42.5 Å². The zero-order valence-electron chi connectivity index (χ0n) is 15.0. The number of anilines is 1. The van der Waals surface area contributed by atoms with Gasteiger partial charge in [-0.2, -0.15) is 0 Å². The first kappa shape index (κ1) is 19.1. The van der Waals surface area contributed by atoms with Crippen LogP contribution >= 0.6 is 0 Å². The van der Waals surface area contributed by atoms with E-state index in [1.54, 1.807) is 18.2 Å². The normalized spacial score (nSPS) is 10.3. The first-order valence-electron chi connectivity index (χ1n) is 8.12. The van der Waals surface area contributed by atoms with E-state index in [2.05, 4.69) is 5.32 Å². The second kappa shape index (κ2) is 8.24. The fourth-order valence-electron chi connectivity index (χ4n) is 2.63. The molecule has 0 radical (unpaired) electrons. The van der Waals surface area contributed by atoms with E-state index in [4.69, 9.17) is 0 Å². The van der Waals surface area contributed by atoms with Gasteiger partial charge in [0.15, 0.2) is 0 Å². The molecule has 0 aromatic heterocycles. The number of para-hydroxylation sites is 2. The average molecular weight is 355 g/mol. The number of carbonyl (C=O) groups excluding carboxylic acids is 2. The van der Waals surface area contributed by atoms with Crippen LogP contribution in [0.3, 0.4) is 0 Å². The number of likely N-dealkylation sites (N-methyl/N-ethyl adjacent to an activating group) is 1. The number of rotatable bonds is 6. The number of benzene rings is 2. The topological polar surface area (TPSA) is 92.6 Å². The van der Waals surface area contributed by atoms with Crippen molar-refractivity contribution >= 4 is 23.2 Å². The monoisotopic (exact) mass is 355 g/mol. The van der Waals surface area contributed by atoms with Crippen molar-refractivity contribution in [3.05, 3.63) is 69.3 Å². The standard InChI is InChI=1S/C19H21N3O4/c1-13-7-6-8-14(2)19(13)20-17(23)12-21(3)18(24)11-15-9-4-5-10-16(15)22(25)26/h4-10H,11-12H2,1-3H3,(H,20,23). The first-order valence-corrected chi connectivity index (χ1v) is 8.12. The highest BCUT2D eigenvalue weighted by Gasteiger charge is 2.19. The molecule has 2 amide bonds. The number of aryl methyl sites for hydroxylation is 2. The Bertz CT molecular complexity index is 828. The average Bonchev–Trinajstić information content (AvgIpc) is 2.58. The highest BCUT2D eigenvalue weighted by molar-refractivity contribution is 5.96. The Morgan fingerprint density at radius 1 is 1.08 bits per heavy atom. The van der Waals surface area contributed by atoms with E-state index in [-0.39, 0.29) is 30.5 Å². The van der Waals surface area contributed by atoms with Gasteiger partial charge in [-0.1, -0.05) is 36.4 Å². The molecule has 2 aromatic carbocycles. The summed E-state index contributed by atoms with van der Waals surface area (Å²) >= 11 is 0. The molecule has 136 valence electrons. The molecule has 0 saturated heterocycles. The quantitative estimate of drug-likeness (QED) is 0.637. The third-order valence-corrected chi connectivity index (χ3v) is 4.08. The molecule has 0 heterocycles. The van der Waals surface area contributed by atoms with Crippen LogP contribution in [0, 0.1) is 24.0 Å². The summed E-state index contributed by atoms with van der Waals surface area (Å²) in [5, 5.41) is 13.9. The number of hydrogen-bond donors (Lipinski definition) is 1. The van der Waals surface area contributed by atoms with E-state index in [0.717, 1.165) is 16.8 Å². The largest absolute Gasteiger partial charge is 0.336 e. The van der Waals surface area contributed by atoms with Crippen LogP contribution in [-0.4, -0.2) is 35.2 Å². The highest BCUT2D eigenvalue weighted by atomic mass is 16.6. The second-order valence-corrected chi connectivity index (χ2v) is 6.13. The van der Waals surface area contributed by atoms with E-state index < -0.39 is 4.92 Å². The predicted octanol–water partition coefficient (Wildman–Crippen LogP) is 2.85. The van der Waals surface area contributed by atoms with Crippen molar-refractivity contribution in [1.29, 1.82) is 0 Å². The van der Waals surface area contributed by atoms with Crippen LogP contribution < -0.4 is 5.32 Å². The van der Waals surface area contributed by atoms with E-state index in [1.165, 1.54) is 18.0 Å². The van der Waals surface area contributed by atoms with Crippen LogP contribution in [0.1, 0.15) is 16.7 Å². The SMILES string of the molecule is Cc1cccc(C)c1NC(=O)CN(C)C(=O)Cc1ccccc1[N+](=O)[O-]. The molecule has 0 aliphatic carbocycles. The van der Waals surface area contributed by atoms with Crippen LogP contribution in [0.5, 0.6) is 0 Å². The summed E-state index contributed by atoms with van der Waals surface area (Å²) in [5.74, 6) is -0.684. The first-order chi connectivity index (χ1) is 12.3. The second-order valence-electron chi connectivity index (χ2n) is 6.13. The lowest BCUT2D eigenvalue weighted by molar-refractivity contribution is -0.385. The van der Waals surface area contributed by atoms with Gasteiger partial charge in [-0.3, -0.25) is 19.7 Å². The van der Waals surface area contributed by atoms with Gasteiger partial charge in [-0.25, -0.2) is 0 Å². The molecule has 0 aliphatic heterocycles. The minimum atomic E-state index is -0.518. The summed E-state index contributed by atoms with van der Waals surface area (Å²) in [5.41, 5.74) is 2.83. The number of amides is 2. The number of carbonyl (C=O) groups is 2. The van der Waals surface area contributed by atoms with Gasteiger partial charge in [0, 0.05) is 24.4 Å². The molecule has 7 nitrogen and oxygen atoms in total. The van der Waals surface area contributed by atoms with Gasteiger partial charge in [0.1, 0.15) is 0 Å². The lowest BCUT2D eigenvalue weighted by Gasteiger charge is -2.18. The van der Waals surface area contributed by atoms with E-state index in [0.29, 0.717) is 5.56 Å². The summed E-state index contributed by atoms with van der Waals surface area (Å²) in [6.45, 7) is 3.66. The van der Waals surface area contributed by atoms with Crippen molar-refractivity contribution in [3.8, 4) is 0 Å². The molecule has 26 heavy (non-hydrogen) atoms. The highest BCUT2D eigenvalue weighted by Crippen LogP contribution is 2.20. The molecule has 0 unspecified atom stereocenters. The maximum atomic E-state index is 12.3. The van der Waals surface area contributed by atoms with E-state index in [9.17, 15) is 19.7 Å². The molecular formula is C19H21N3O4. The summed E-state index contributed by atoms with van der Waals surface area (Å²) < 4.78 is 0. The Kier molecular flexibility index (Phi) is 6.06. The van der Waals surface area contributed by atoms with Gasteiger partial charge in [-0.15, -0.1) is 0 Å². The summed E-state index contributed by atoms with van der Waals surface area (Å²) in [6.07, 6.45) is -0.135. The Morgan fingerprint density at radius 3 is 2.31 bits per heavy atom. The molecule has 1 N–H and O–H groups in total. The zero-order chi connectivity index (χ0) is 19.3. The van der Waals surface area contributed by atoms with E-state index in [1.807, 2.05) is 32.0 Å². The van der Waals surface area contributed by atoms with Gasteiger partial charge in [0.25, 0.3) is 5.69 Å². The molecule has 0 spiro atoms. The molecule has 0 aliphatic rings. The maximum absolute atomic E-state index is 12.3. The number of nitrogens with one attached hydrogen (secondary N) is 1. The van der Waals surface area contributed by atoms with Crippen molar-refractivity contribution < 1.29 is 14.5 Å². The lowest BCUT2D eigenvalue weighted by Crippen LogP contribution is -2.36. The van der Waals surface area contributed by atoms with Crippen molar-refractivity contribution in [2.45, 2.75) is 20.3 Å². The molecular weight excluding hydrogens is 334 g/mol. The van der Waals surface area contributed by atoms with Gasteiger partial charge in [0.2, 0.25) is 11.8 Å². The maximum Gasteiger partial charge on any atom is 0.273 e. The van der Waals surface area contributed by atoms with Crippen LogP contribution in [0.4, 0.5) is 11.4 Å². The fraction of sp³-hybridized carbons (Fsp3) is 0.263. The molecule has 0 saturated carbocycles. The Morgan fingerprint density at radius 2 is 1.69 bits per heavy atom. The summed E-state index contributed by atoms with van der Waals surface area (Å²) in [6, 6.07) is 11.8.